The van der Waals surface area contributed by atoms with Crippen molar-refractivity contribution in [3.63, 3.8) is 0 Å². The van der Waals surface area contributed by atoms with Crippen molar-refractivity contribution >= 4 is 17.1 Å². The van der Waals surface area contributed by atoms with Crippen molar-refractivity contribution in [2.75, 3.05) is 0 Å². The summed E-state index contributed by atoms with van der Waals surface area (Å²) in [5.41, 5.74) is 2.03. The van der Waals surface area contributed by atoms with Gasteiger partial charge in [0.05, 0.1) is 4.88 Å². The van der Waals surface area contributed by atoms with Gasteiger partial charge in [0.1, 0.15) is 0 Å². The van der Waals surface area contributed by atoms with E-state index in [1.807, 2.05) is 13.0 Å². The summed E-state index contributed by atoms with van der Waals surface area (Å²) < 4.78 is 37.3. The number of hydrogen-bond donors (Lipinski definition) is 0. The zero-order valence-electron chi connectivity index (χ0n) is 10.2. The van der Waals surface area contributed by atoms with Crippen LogP contribution < -0.4 is 0 Å². The Morgan fingerprint density at radius 2 is 1.95 bits per heavy atom. The SMILES string of the molecule is Cc1ccc(C)c(C(=O)c2cnc(C(F)(F)F)s2)c1. The van der Waals surface area contributed by atoms with Crippen molar-refractivity contribution in [1.82, 2.24) is 4.98 Å². The van der Waals surface area contributed by atoms with E-state index in [2.05, 4.69) is 4.98 Å². The number of alkyl halides is 3. The van der Waals surface area contributed by atoms with Crippen molar-refractivity contribution in [2.45, 2.75) is 20.0 Å². The first-order valence-corrected chi connectivity index (χ1v) is 6.25. The minimum Gasteiger partial charge on any atom is -0.288 e. The van der Waals surface area contributed by atoms with Crippen molar-refractivity contribution in [1.29, 1.82) is 0 Å². The second-order valence-corrected chi connectivity index (χ2v) is 5.21. The van der Waals surface area contributed by atoms with Crippen LogP contribution in [-0.2, 0) is 6.18 Å². The lowest BCUT2D eigenvalue weighted by atomic mass is 10.0. The number of carbonyl (C=O) groups excluding carboxylic acids is 1. The molecule has 0 spiro atoms. The minimum atomic E-state index is -4.51. The summed E-state index contributed by atoms with van der Waals surface area (Å²) in [4.78, 5) is 15.4. The number of halogens is 3. The monoisotopic (exact) mass is 285 g/mol. The van der Waals surface area contributed by atoms with E-state index >= 15 is 0 Å². The van der Waals surface area contributed by atoms with Crippen molar-refractivity contribution in [3.8, 4) is 0 Å². The van der Waals surface area contributed by atoms with Gasteiger partial charge in [0.15, 0.2) is 5.01 Å². The summed E-state index contributed by atoms with van der Waals surface area (Å²) in [6, 6.07) is 5.29. The Hall–Kier alpha value is -1.69. The number of benzene rings is 1. The van der Waals surface area contributed by atoms with Crippen LogP contribution in [0.3, 0.4) is 0 Å². The summed E-state index contributed by atoms with van der Waals surface area (Å²) in [7, 11) is 0. The van der Waals surface area contributed by atoms with Crippen LogP contribution in [0.25, 0.3) is 0 Å². The zero-order valence-corrected chi connectivity index (χ0v) is 11.0. The van der Waals surface area contributed by atoms with Gasteiger partial charge in [0.2, 0.25) is 5.78 Å². The van der Waals surface area contributed by atoms with Crippen LogP contribution >= 0.6 is 11.3 Å². The molecule has 0 aliphatic heterocycles. The van der Waals surface area contributed by atoms with Gasteiger partial charge in [-0.2, -0.15) is 13.2 Å². The predicted molar refractivity (Wildman–Crippen MR) is 66.5 cm³/mol. The average molecular weight is 285 g/mol. The number of thiazole rings is 1. The van der Waals surface area contributed by atoms with Gasteiger partial charge in [-0.25, -0.2) is 4.98 Å². The first-order valence-electron chi connectivity index (χ1n) is 5.44. The van der Waals surface area contributed by atoms with Gasteiger partial charge in [0.25, 0.3) is 0 Å². The number of hydrogen-bond acceptors (Lipinski definition) is 3. The van der Waals surface area contributed by atoms with Crippen LogP contribution in [0.1, 0.15) is 31.4 Å². The quantitative estimate of drug-likeness (QED) is 0.780. The normalized spacial score (nSPS) is 11.6. The fourth-order valence-corrected chi connectivity index (χ4v) is 2.36. The van der Waals surface area contributed by atoms with E-state index in [1.54, 1.807) is 19.1 Å². The molecule has 0 bridgehead atoms. The van der Waals surface area contributed by atoms with E-state index < -0.39 is 17.0 Å². The molecule has 0 fully saturated rings. The molecule has 1 aromatic heterocycles. The van der Waals surface area contributed by atoms with E-state index in [1.165, 1.54) is 0 Å². The van der Waals surface area contributed by atoms with E-state index in [4.69, 9.17) is 0 Å². The highest BCUT2D eigenvalue weighted by Gasteiger charge is 2.35. The summed E-state index contributed by atoms with van der Waals surface area (Å²) in [5, 5.41) is -0.999. The van der Waals surface area contributed by atoms with E-state index in [0.29, 0.717) is 16.9 Å². The maximum atomic E-state index is 12.4. The molecule has 0 aliphatic rings. The molecular formula is C13H10F3NOS. The first kappa shape index (κ1) is 13.7. The van der Waals surface area contributed by atoms with Gasteiger partial charge >= 0.3 is 6.18 Å². The van der Waals surface area contributed by atoms with Gasteiger partial charge in [-0.05, 0) is 25.5 Å². The first-order chi connectivity index (χ1) is 8.79. The van der Waals surface area contributed by atoms with Crippen molar-refractivity contribution in [2.24, 2.45) is 0 Å². The molecule has 0 N–H and O–H groups in total. The lowest BCUT2D eigenvalue weighted by Crippen LogP contribution is -2.03. The zero-order chi connectivity index (χ0) is 14.2. The number of aryl methyl sites for hydroxylation is 2. The molecular weight excluding hydrogens is 275 g/mol. The lowest BCUT2D eigenvalue weighted by molar-refractivity contribution is -0.137. The van der Waals surface area contributed by atoms with Gasteiger partial charge in [-0.1, -0.05) is 17.7 Å². The second-order valence-electron chi connectivity index (χ2n) is 4.17. The highest BCUT2D eigenvalue weighted by molar-refractivity contribution is 7.14. The number of nitrogens with zero attached hydrogens (tertiary/aromatic N) is 1. The van der Waals surface area contributed by atoms with Crippen LogP contribution in [0.15, 0.2) is 24.4 Å². The van der Waals surface area contributed by atoms with Gasteiger partial charge in [0, 0.05) is 11.8 Å². The van der Waals surface area contributed by atoms with Crippen molar-refractivity contribution in [3.05, 3.63) is 51.0 Å². The molecule has 0 saturated carbocycles. The Kier molecular flexibility index (Phi) is 3.45. The maximum Gasteiger partial charge on any atom is 0.443 e. The Labute approximate surface area is 111 Å². The second kappa shape index (κ2) is 4.77. The molecule has 2 nitrogen and oxygen atoms in total. The van der Waals surface area contributed by atoms with E-state index in [0.717, 1.165) is 17.3 Å². The maximum absolute atomic E-state index is 12.4. The largest absolute Gasteiger partial charge is 0.443 e. The fraction of sp³-hybridized carbons (Fsp3) is 0.231. The predicted octanol–water partition coefficient (Wildman–Crippen LogP) is 4.01. The highest BCUT2D eigenvalue weighted by Crippen LogP contribution is 2.33. The summed E-state index contributed by atoms with van der Waals surface area (Å²) in [6.07, 6.45) is -3.53. The molecule has 0 atom stereocenters. The highest BCUT2D eigenvalue weighted by atomic mass is 32.1. The number of aromatic nitrogens is 1. The van der Waals surface area contributed by atoms with Crippen LogP contribution in [0.2, 0.25) is 0 Å². The molecule has 0 radical (unpaired) electrons. The fourth-order valence-electron chi connectivity index (χ4n) is 1.62. The van der Waals surface area contributed by atoms with E-state index in [9.17, 15) is 18.0 Å². The molecule has 100 valence electrons. The van der Waals surface area contributed by atoms with Gasteiger partial charge in [-0.15, -0.1) is 11.3 Å². The number of rotatable bonds is 2. The summed E-state index contributed by atoms with van der Waals surface area (Å²) >= 11 is 0.372. The third kappa shape index (κ3) is 2.84. The summed E-state index contributed by atoms with van der Waals surface area (Å²) in [5.74, 6) is -0.422. The topological polar surface area (TPSA) is 30.0 Å². The Morgan fingerprint density at radius 3 is 2.53 bits per heavy atom. The lowest BCUT2D eigenvalue weighted by Gasteiger charge is -2.04. The number of ketones is 1. The van der Waals surface area contributed by atoms with Crippen LogP contribution in [0.4, 0.5) is 13.2 Å². The molecule has 6 heteroatoms. The molecule has 1 heterocycles. The molecule has 2 rings (SSSR count). The van der Waals surface area contributed by atoms with Crippen LogP contribution in [-0.4, -0.2) is 10.8 Å². The minimum absolute atomic E-state index is 0.000949. The molecule has 19 heavy (non-hydrogen) atoms. The standard InChI is InChI=1S/C13H10F3NOS/c1-7-3-4-8(2)9(5-7)11(18)10-6-17-12(19-10)13(14,15)16/h3-6H,1-2H3. The smallest absolute Gasteiger partial charge is 0.288 e. The van der Waals surface area contributed by atoms with E-state index in [-0.39, 0.29) is 4.88 Å². The Morgan fingerprint density at radius 1 is 1.26 bits per heavy atom. The van der Waals surface area contributed by atoms with Crippen molar-refractivity contribution < 1.29 is 18.0 Å². The van der Waals surface area contributed by atoms with Gasteiger partial charge < -0.3 is 0 Å². The Bertz CT molecular complexity index is 631. The Balaban J connectivity index is 2.39. The third-order valence-electron chi connectivity index (χ3n) is 2.61. The summed E-state index contributed by atoms with van der Waals surface area (Å²) in [6.45, 7) is 3.57. The molecule has 0 aliphatic carbocycles. The average Bonchev–Trinajstić information content (AvgIpc) is 2.80. The van der Waals surface area contributed by atoms with Gasteiger partial charge in [-0.3, -0.25) is 4.79 Å². The third-order valence-corrected chi connectivity index (χ3v) is 3.65. The number of carbonyl (C=O) groups is 1. The van der Waals surface area contributed by atoms with Crippen LogP contribution in [0.5, 0.6) is 0 Å². The molecule has 0 saturated heterocycles. The molecule has 0 amide bonds. The molecule has 1 aromatic carbocycles. The molecule has 0 unspecified atom stereocenters. The van der Waals surface area contributed by atoms with Crippen LogP contribution in [0, 0.1) is 13.8 Å². The molecule has 2 aromatic rings.